The first-order valence-electron chi connectivity index (χ1n) is 13.0. The highest BCUT2D eigenvalue weighted by Gasteiger charge is 2.39. The molecule has 3 aromatic heterocycles. The van der Waals surface area contributed by atoms with Crippen molar-refractivity contribution in [2.24, 2.45) is 5.41 Å². The molecule has 1 spiro atoms. The average molecular weight is 542 g/mol. The number of anilines is 3. The number of aromatic nitrogens is 4. The highest BCUT2D eigenvalue weighted by molar-refractivity contribution is 5.73. The summed E-state index contributed by atoms with van der Waals surface area (Å²) in [6, 6.07) is 7.94. The second-order valence-corrected chi connectivity index (χ2v) is 10.2. The minimum absolute atomic E-state index is 0.0171. The van der Waals surface area contributed by atoms with Crippen LogP contribution in [0, 0.1) is 5.41 Å². The van der Waals surface area contributed by atoms with Crippen molar-refractivity contribution in [3.8, 4) is 17.1 Å². The molecule has 1 amide bonds. The zero-order valence-corrected chi connectivity index (χ0v) is 21.5. The molecule has 206 valence electrons. The molecular formula is C27H30F3N7O2. The van der Waals surface area contributed by atoms with Gasteiger partial charge in [0, 0.05) is 62.3 Å². The van der Waals surface area contributed by atoms with Crippen LogP contribution in [-0.2, 0) is 4.79 Å². The van der Waals surface area contributed by atoms with Crippen molar-refractivity contribution >= 4 is 23.4 Å². The van der Waals surface area contributed by atoms with E-state index < -0.39 is 6.36 Å². The van der Waals surface area contributed by atoms with Gasteiger partial charge in [-0.3, -0.25) is 9.78 Å². The maximum absolute atomic E-state index is 12.7. The minimum Gasteiger partial charge on any atom is -0.406 e. The van der Waals surface area contributed by atoms with Gasteiger partial charge < -0.3 is 20.3 Å². The van der Waals surface area contributed by atoms with E-state index in [2.05, 4.69) is 35.2 Å². The van der Waals surface area contributed by atoms with Crippen LogP contribution in [0.5, 0.6) is 5.75 Å². The standard InChI is InChI=1S/C27H30F3N7O2/c1-18(38)33-20-5-2-7-26(16-20)8-12-37(13-9-26)24-15-23(35-25(36-24)19-4-3-10-31-17-19)34-22-14-21(6-11-32-22)39-27(28,29)30/h3-4,6,10-11,14-15,17,20H,2,5,7-9,12-13,16H2,1H3,(H,33,38)(H,32,34,35,36). The summed E-state index contributed by atoms with van der Waals surface area (Å²) in [7, 11) is 0. The zero-order valence-electron chi connectivity index (χ0n) is 21.5. The number of halogens is 3. The Kier molecular flexibility index (Phi) is 7.53. The lowest BCUT2D eigenvalue weighted by Crippen LogP contribution is -2.47. The zero-order chi connectivity index (χ0) is 27.5. The SMILES string of the molecule is CC(=O)NC1CCCC2(CCN(c3cc(Nc4cc(OC(F)(F)F)ccn4)nc(-c4cccnc4)n3)CC2)C1. The summed E-state index contributed by atoms with van der Waals surface area (Å²) in [5.41, 5.74) is 0.911. The molecule has 3 aromatic rings. The molecule has 1 aliphatic carbocycles. The quantitative estimate of drug-likeness (QED) is 0.437. The highest BCUT2D eigenvalue weighted by Crippen LogP contribution is 2.45. The van der Waals surface area contributed by atoms with E-state index in [4.69, 9.17) is 4.98 Å². The Morgan fingerprint density at radius 1 is 1.10 bits per heavy atom. The predicted octanol–water partition coefficient (Wildman–Crippen LogP) is 5.24. The van der Waals surface area contributed by atoms with Crippen LogP contribution in [0.2, 0.25) is 0 Å². The van der Waals surface area contributed by atoms with Gasteiger partial charge in [-0.05, 0) is 55.7 Å². The molecule has 9 nitrogen and oxygen atoms in total. The Labute approximate surface area is 224 Å². The molecule has 5 rings (SSSR count). The van der Waals surface area contributed by atoms with Crippen LogP contribution in [0.3, 0.4) is 0 Å². The summed E-state index contributed by atoms with van der Waals surface area (Å²) in [5.74, 6) is 1.32. The molecule has 39 heavy (non-hydrogen) atoms. The molecular weight excluding hydrogens is 511 g/mol. The number of alkyl halides is 3. The van der Waals surface area contributed by atoms with Gasteiger partial charge in [-0.25, -0.2) is 15.0 Å². The average Bonchev–Trinajstić information content (AvgIpc) is 2.88. The third-order valence-corrected chi connectivity index (χ3v) is 7.35. The maximum Gasteiger partial charge on any atom is 0.573 e. The van der Waals surface area contributed by atoms with Crippen LogP contribution in [0.1, 0.15) is 45.4 Å². The molecule has 4 heterocycles. The van der Waals surface area contributed by atoms with Crippen LogP contribution in [0.15, 0.2) is 48.9 Å². The first-order valence-corrected chi connectivity index (χ1v) is 13.0. The van der Waals surface area contributed by atoms with Gasteiger partial charge >= 0.3 is 6.36 Å². The van der Waals surface area contributed by atoms with Gasteiger partial charge in [0.05, 0.1) is 0 Å². The lowest BCUT2D eigenvalue weighted by Gasteiger charge is -2.47. The van der Waals surface area contributed by atoms with E-state index in [1.807, 2.05) is 6.07 Å². The van der Waals surface area contributed by atoms with Crippen molar-refractivity contribution in [1.82, 2.24) is 25.3 Å². The summed E-state index contributed by atoms with van der Waals surface area (Å²) < 4.78 is 42.1. The number of nitrogens with zero attached hydrogens (tertiary/aromatic N) is 5. The second-order valence-electron chi connectivity index (χ2n) is 10.2. The largest absolute Gasteiger partial charge is 0.573 e. The number of carbonyl (C=O) groups excluding carboxylic acids is 1. The maximum atomic E-state index is 12.7. The molecule has 2 N–H and O–H groups in total. The fourth-order valence-corrected chi connectivity index (χ4v) is 5.62. The molecule has 1 atom stereocenters. The van der Waals surface area contributed by atoms with Gasteiger partial charge in [-0.1, -0.05) is 6.42 Å². The number of nitrogens with one attached hydrogen (secondary N) is 2. The van der Waals surface area contributed by atoms with Crippen molar-refractivity contribution in [3.63, 3.8) is 0 Å². The van der Waals surface area contributed by atoms with Gasteiger partial charge in [0.1, 0.15) is 23.2 Å². The summed E-state index contributed by atoms with van der Waals surface area (Å²) in [6.45, 7) is 3.16. The molecule has 0 aromatic carbocycles. The van der Waals surface area contributed by atoms with Crippen molar-refractivity contribution < 1.29 is 22.7 Å². The van der Waals surface area contributed by atoms with E-state index >= 15 is 0 Å². The normalized spacial score (nSPS) is 19.0. The second kappa shape index (κ2) is 11.0. The number of hydrogen-bond donors (Lipinski definition) is 2. The Morgan fingerprint density at radius 2 is 1.92 bits per heavy atom. The Balaban J connectivity index is 1.37. The summed E-state index contributed by atoms with van der Waals surface area (Å²) in [5, 5.41) is 6.11. The molecule has 1 saturated carbocycles. The molecule has 2 fully saturated rings. The Morgan fingerprint density at radius 3 is 2.64 bits per heavy atom. The van der Waals surface area contributed by atoms with E-state index in [0.29, 0.717) is 23.0 Å². The van der Waals surface area contributed by atoms with E-state index in [1.54, 1.807) is 31.5 Å². The number of carbonyl (C=O) groups is 1. The van der Waals surface area contributed by atoms with Crippen molar-refractivity contribution in [1.29, 1.82) is 0 Å². The van der Waals surface area contributed by atoms with E-state index in [1.165, 1.54) is 6.20 Å². The smallest absolute Gasteiger partial charge is 0.406 e. The molecule has 0 radical (unpaired) electrons. The lowest BCUT2D eigenvalue weighted by atomic mass is 9.66. The predicted molar refractivity (Wildman–Crippen MR) is 139 cm³/mol. The van der Waals surface area contributed by atoms with E-state index in [0.717, 1.165) is 63.7 Å². The summed E-state index contributed by atoms with van der Waals surface area (Å²) in [6.07, 6.45) is 5.96. The number of rotatable bonds is 6. The number of hydrogen-bond acceptors (Lipinski definition) is 8. The van der Waals surface area contributed by atoms with Crippen LogP contribution in [0.25, 0.3) is 11.4 Å². The lowest BCUT2D eigenvalue weighted by molar-refractivity contribution is -0.274. The molecule has 1 saturated heterocycles. The van der Waals surface area contributed by atoms with Gasteiger partial charge in [-0.15, -0.1) is 13.2 Å². The van der Waals surface area contributed by atoms with E-state index in [-0.39, 0.29) is 28.9 Å². The van der Waals surface area contributed by atoms with Crippen LogP contribution in [0.4, 0.5) is 30.6 Å². The Bertz CT molecular complexity index is 1300. The highest BCUT2D eigenvalue weighted by atomic mass is 19.4. The molecule has 2 aliphatic rings. The van der Waals surface area contributed by atoms with Gasteiger partial charge in [0.25, 0.3) is 0 Å². The number of ether oxygens (including phenoxy) is 1. The fraction of sp³-hybridized carbons (Fsp3) is 0.444. The monoisotopic (exact) mass is 541 g/mol. The Hall–Kier alpha value is -3.96. The van der Waals surface area contributed by atoms with Crippen molar-refractivity contribution in [2.75, 3.05) is 23.3 Å². The number of pyridine rings is 2. The molecule has 12 heteroatoms. The van der Waals surface area contributed by atoms with E-state index in [9.17, 15) is 18.0 Å². The van der Waals surface area contributed by atoms with Crippen molar-refractivity contribution in [2.45, 2.75) is 57.9 Å². The fourth-order valence-electron chi connectivity index (χ4n) is 5.62. The summed E-state index contributed by atoms with van der Waals surface area (Å²) in [4.78, 5) is 31.5. The molecule has 0 bridgehead atoms. The minimum atomic E-state index is -4.81. The van der Waals surface area contributed by atoms with Gasteiger partial charge in [0.15, 0.2) is 5.82 Å². The van der Waals surface area contributed by atoms with Gasteiger partial charge in [0.2, 0.25) is 5.91 Å². The molecule has 1 aliphatic heterocycles. The van der Waals surface area contributed by atoms with Crippen LogP contribution < -0.4 is 20.3 Å². The summed E-state index contributed by atoms with van der Waals surface area (Å²) >= 11 is 0. The number of piperidine rings is 1. The van der Waals surface area contributed by atoms with Gasteiger partial charge in [-0.2, -0.15) is 0 Å². The van der Waals surface area contributed by atoms with Crippen LogP contribution in [-0.4, -0.2) is 51.3 Å². The third kappa shape index (κ3) is 6.92. The first kappa shape index (κ1) is 26.6. The van der Waals surface area contributed by atoms with Crippen LogP contribution >= 0.6 is 0 Å². The van der Waals surface area contributed by atoms with Crippen molar-refractivity contribution in [3.05, 3.63) is 48.9 Å². The number of amides is 1. The first-order chi connectivity index (χ1) is 18.7. The topological polar surface area (TPSA) is 105 Å². The molecule has 1 unspecified atom stereocenters. The third-order valence-electron chi connectivity index (χ3n) is 7.35.